The van der Waals surface area contributed by atoms with Crippen molar-refractivity contribution in [3.63, 3.8) is 0 Å². The number of nitrogens with zero attached hydrogens (tertiary/aromatic N) is 4. The van der Waals surface area contributed by atoms with Gasteiger partial charge in [0.1, 0.15) is 5.71 Å². The average Bonchev–Trinajstić information content (AvgIpc) is 2.91. The number of piperazine rings is 1. The van der Waals surface area contributed by atoms with Gasteiger partial charge in [-0.15, -0.1) is 0 Å². The van der Waals surface area contributed by atoms with Crippen molar-refractivity contribution in [1.82, 2.24) is 9.80 Å². The van der Waals surface area contributed by atoms with Crippen LogP contribution < -0.4 is 5.01 Å². The van der Waals surface area contributed by atoms with Crippen LogP contribution in [-0.2, 0) is 9.59 Å². The maximum atomic E-state index is 13.3. The molecule has 0 bridgehead atoms. The van der Waals surface area contributed by atoms with Crippen molar-refractivity contribution in [3.05, 3.63) is 100 Å². The molecule has 2 aliphatic heterocycles. The minimum Gasteiger partial charge on any atom is -0.335 e. The second-order valence-electron chi connectivity index (χ2n) is 8.92. The van der Waals surface area contributed by atoms with Gasteiger partial charge in [-0.3, -0.25) is 14.5 Å². The summed E-state index contributed by atoms with van der Waals surface area (Å²) in [7, 11) is 0. The van der Waals surface area contributed by atoms with Crippen LogP contribution in [0, 0.1) is 0 Å². The molecule has 3 aromatic rings. The van der Waals surface area contributed by atoms with E-state index in [1.54, 1.807) is 24.3 Å². The van der Waals surface area contributed by atoms with E-state index in [1.165, 1.54) is 16.1 Å². The first-order valence-corrected chi connectivity index (χ1v) is 12.7. The highest BCUT2D eigenvalue weighted by Crippen LogP contribution is 2.31. The fourth-order valence-electron chi connectivity index (χ4n) is 4.75. The fourth-order valence-corrected chi connectivity index (χ4v) is 5.00. The van der Waals surface area contributed by atoms with Crippen LogP contribution in [0.4, 0.5) is 5.69 Å². The number of amides is 2. The average molecular weight is 521 g/mol. The van der Waals surface area contributed by atoms with E-state index in [0.29, 0.717) is 41.0 Å². The third-order valence-electron chi connectivity index (χ3n) is 6.62. The molecule has 1 unspecified atom stereocenters. The molecular formula is C28H26Cl2N4O2. The molecule has 2 heterocycles. The summed E-state index contributed by atoms with van der Waals surface area (Å²) < 4.78 is 0. The highest BCUT2D eigenvalue weighted by atomic mass is 35.5. The molecule has 5 rings (SSSR count). The van der Waals surface area contributed by atoms with Crippen molar-refractivity contribution >= 4 is 46.4 Å². The summed E-state index contributed by atoms with van der Waals surface area (Å²) in [5, 5.41) is 7.04. The number of rotatable bonds is 5. The van der Waals surface area contributed by atoms with E-state index in [9.17, 15) is 9.59 Å². The van der Waals surface area contributed by atoms with Crippen LogP contribution in [0.1, 0.15) is 30.0 Å². The molecule has 36 heavy (non-hydrogen) atoms. The van der Waals surface area contributed by atoms with Crippen LogP contribution in [0.25, 0.3) is 0 Å². The fraction of sp³-hybridized carbons (Fsp3) is 0.250. The van der Waals surface area contributed by atoms with Gasteiger partial charge in [0.2, 0.25) is 5.91 Å². The Hall–Kier alpha value is -3.19. The van der Waals surface area contributed by atoms with Gasteiger partial charge in [0.05, 0.1) is 11.7 Å². The number of hydrazone groups is 1. The number of halogens is 2. The van der Waals surface area contributed by atoms with Crippen LogP contribution >= 0.6 is 23.2 Å². The second kappa shape index (κ2) is 10.8. The van der Waals surface area contributed by atoms with E-state index < -0.39 is 0 Å². The highest BCUT2D eigenvalue weighted by molar-refractivity contribution is 6.40. The lowest BCUT2D eigenvalue weighted by Crippen LogP contribution is -2.52. The number of carbonyl (C=O) groups excluding carboxylic acids is 2. The van der Waals surface area contributed by atoms with Crippen LogP contribution in [0.3, 0.4) is 0 Å². The Labute approximate surface area is 220 Å². The van der Waals surface area contributed by atoms with Crippen LogP contribution in [0.15, 0.2) is 84.0 Å². The van der Waals surface area contributed by atoms with Crippen molar-refractivity contribution in [2.45, 2.75) is 18.9 Å². The van der Waals surface area contributed by atoms with Gasteiger partial charge in [-0.1, -0.05) is 65.7 Å². The Morgan fingerprint density at radius 2 is 1.33 bits per heavy atom. The Balaban J connectivity index is 1.31. The predicted molar refractivity (Wildman–Crippen MR) is 143 cm³/mol. The number of benzene rings is 3. The Bertz CT molecular complexity index is 1250. The molecule has 1 saturated heterocycles. The van der Waals surface area contributed by atoms with Gasteiger partial charge >= 0.3 is 0 Å². The number of carbonyl (C=O) groups is 2. The lowest BCUT2D eigenvalue weighted by atomic mass is 9.96. The van der Waals surface area contributed by atoms with Crippen molar-refractivity contribution < 1.29 is 9.59 Å². The van der Waals surface area contributed by atoms with Crippen molar-refractivity contribution in [1.29, 1.82) is 0 Å². The first kappa shape index (κ1) is 24.5. The minimum atomic E-state index is -0.132. The second-order valence-corrected chi connectivity index (χ2v) is 9.79. The van der Waals surface area contributed by atoms with Gasteiger partial charge in [-0.05, 0) is 47.5 Å². The van der Waals surface area contributed by atoms with E-state index >= 15 is 0 Å². The predicted octanol–water partition coefficient (Wildman–Crippen LogP) is 5.41. The first-order valence-electron chi connectivity index (χ1n) is 12.0. The molecule has 184 valence electrons. The molecule has 0 aromatic heterocycles. The standard InChI is InChI=1S/C28H26Cl2N4O2/c29-22-8-6-21(7-9-22)27(20-4-2-1-3-5-20)32-16-18-33(19-17-32)28(36)25-14-15-26(35)34(31-25)24-12-10-23(30)11-13-24/h1-13,27H,14-19H2. The zero-order valence-electron chi connectivity index (χ0n) is 19.7. The SMILES string of the molecule is O=C(C1=NN(c2ccc(Cl)cc2)C(=O)CC1)N1CCN(C(c2ccccc2)c2ccc(Cl)cc2)CC1. The quantitative estimate of drug-likeness (QED) is 0.451. The highest BCUT2D eigenvalue weighted by Gasteiger charge is 2.32. The van der Waals surface area contributed by atoms with E-state index in [4.69, 9.17) is 23.2 Å². The molecule has 1 atom stereocenters. The van der Waals surface area contributed by atoms with E-state index in [-0.39, 0.29) is 24.3 Å². The molecule has 0 saturated carbocycles. The van der Waals surface area contributed by atoms with Crippen LogP contribution in [0.2, 0.25) is 10.0 Å². The third-order valence-corrected chi connectivity index (χ3v) is 7.12. The van der Waals surface area contributed by atoms with Crippen molar-refractivity contribution in [2.75, 3.05) is 31.2 Å². The molecule has 8 heteroatoms. The van der Waals surface area contributed by atoms with Gasteiger partial charge in [0.15, 0.2) is 0 Å². The maximum Gasteiger partial charge on any atom is 0.270 e. The number of hydrogen-bond donors (Lipinski definition) is 0. The van der Waals surface area contributed by atoms with Gasteiger partial charge in [0, 0.05) is 49.1 Å². The molecule has 0 spiro atoms. The Morgan fingerprint density at radius 3 is 1.97 bits per heavy atom. The molecular weight excluding hydrogens is 495 g/mol. The van der Waals surface area contributed by atoms with Crippen molar-refractivity contribution in [2.24, 2.45) is 5.10 Å². The molecule has 1 fully saturated rings. The summed E-state index contributed by atoms with van der Waals surface area (Å²) in [6.07, 6.45) is 0.596. The van der Waals surface area contributed by atoms with Gasteiger partial charge in [-0.2, -0.15) is 5.10 Å². The normalized spacial score (nSPS) is 17.6. The molecule has 2 amide bonds. The molecule has 0 N–H and O–H groups in total. The third kappa shape index (κ3) is 5.31. The first-order chi connectivity index (χ1) is 17.5. The summed E-state index contributed by atoms with van der Waals surface area (Å²) in [4.78, 5) is 30.1. The monoisotopic (exact) mass is 520 g/mol. The minimum absolute atomic E-state index is 0.0748. The molecule has 2 aliphatic rings. The molecule has 3 aromatic carbocycles. The summed E-state index contributed by atoms with van der Waals surface area (Å²) in [6, 6.07) is 25.3. The molecule has 6 nitrogen and oxygen atoms in total. The van der Waals surface area contributed by atoms with E-state index in [2.05, 4.69) is 34.3 Å². The van der Waals surface area contributed by atoms with Gasteiger partial charge < -0.3 is 4.90 Å². The van der Waals surface area contributed by atoms with E-state index in [0.717, 1.165) is 13.1 Å². The topological polar surface area (TPSA) is 56.2 Å². The van der Waals surface area contributed by atoms with Gasteiger partial charge in [-0.25, -0.2) is 5.01 Å². The molecule has 0 radical (unpaired) electrons. The van der Waals surface area contributed by atoms with Crippen LogP contribution in [0.5, 0.6) is 0 Å². The Morgan fingerprint density at radius 1 is 0.750 bits per heavy atom. The lowest BCUT2D eigenvalue weighted by Gasteiger charge is -2.40. The number of hydrogen-bond acceptors (Lipinski definition) is 4. The summed E-state index contributed by atoms with van der Waals surface area (Å²) in [5.41, 5.74) is 3.38. The summed E-state index contributed by atoms with van der Waals surface area (Å²) in [6.45, 7) is 2.62. The summed E-state index contributed by atoms with van der Waals surface area (Å²) >= 11 is 12.1. The molecule has 0 aliphatic carbocycles. The largest absolute Gasteiger partial charge is 0.335 e. The van der Waals surface area contributed by atoms with Crippen LogP contribution in [-0.4, -0.2) is 53.5 Å². The zero-order valence-corrected chi connectivity index (χ0v) is 21.2. The maximum absolute atomic E-state index is 13.3. The Kier molecular flexibility index (Phi) is 7.37. The van der Waals surface area contributed by atoms with E-state index in [1.807, 2.05) is 35.2 Å². The summed E-state index contributed by atoms with van der Waals surface area (Å²) in [5.74, 6) is -0.240. The van der Waals surface area contributed by atoms with Crippen molar-refractivity contribution in [3.8, 4) is 0 Å². The lowest BCUT2D eigenvalue weighted by molar-refractivity contribution is -0.126. The smallest absolute Gasteiger partial charge is 0.270 e. The zero-order chi connectivity index (χ0) is 25.1. The van der Waals surface area contributed by atoms with Gasteiger partial charge in [0.25, 0.3) is 5.91 Å². The number of anilines is 1.